The van der Waals surface area contributed by atoms with Gasteiger partial charge in [-0.05, 0) is 37.3 Å². The van der Waals surface area contributed by atoms with Gasteiger partial charge in [-0.2, -0.15) is 0 Å². The molecule has 3 rings (SSSR count). The molecule has 0 spiro atoms. The predicted molar refractivity (Wildman–Crippen MR) is 109 cm³/mol. The molecule has 1 N–H and O–H groups in total. The summed E-state index contributed by atoms with van der Waals surface area (Å²) in [5, 5.41) is 3.36. The Morgan fingerprint density at radius 2 is 1.93 bits per heavy atom. The van der Waals surface area contributed by atoms with Gasteiger partial charge < -0.3 is 19.7 Å². The molecule has 0 saturated heterocycles. The number of amides is 1. The van der Waals surface area contributed by atoms with Crippen LogP contribution in [0.25, 0.3) is 0 Å². The highest BCUT2D eigenvalue weighted by Crippen LogP contribution is 2.36. The maximum Gasteiger partial charge on any atom is 0.232 e. The molecule has 2 aromatic carbocycles. The summed E-state index contributed by atoms with van der Waals surface area (Å²) in [5.41, 5.74) is 2.55. The normalized spacial score (nSPS) is 13.6. The Morgan fingerprint density at radius 1 is 1.19 bits per heavy atom. The SMILES string of the molecule is Cc1ccc(OCCNc2ccc3c(c2)N(C(=O)C(C)(C)C)CCO3)cc1. The molecule has 5 heteroatoms. The van der Waals surface area contributed by atoms with Gasteiger partial charge in [-0.3, -0.25) is 4.79 Å². The van der Waals surface area contributed by atoms with Crippen molar-refractivity contribution in [2.45, 2.75) is 27.7 Å². The van der Waals surface area contributed by atoms with Gasteiger partial charge in [0.15, 0.2) is 0 Å². The lowest BCUT2D eigenvalue weighted by Gasteiger charge is -2.34. The van der Waals surface area contributed by atoms with Crippen molar-refractivity contribution in [2.24, 2.45) is 5.41 Å². The number of nitrogens with zero attached hydrogens (tertiary/aromatic N) is 1. The Morgan fingerprint density at radius 3 is 2.63 bits per heavy atom. The Balaban J connectivity index is 1.62. The second-order valence-electron chi connectivity index (χ2n) is 7.83. The number of ether oxygens (including phenoxy) is 2. The number of hydrogen-bond acceptors (Lipinski definition) is 4. The van der Waals surface area contributed by atoms with Crippen LogP contribution in [-0.4, -0.2) is 32.2 Å². The third-order valence-electron chi connectivity index (χ3n) is 4.43. The zero-order valence-electron chi connectivity index (χ0n) is 16.5. The first kappa shape index (κ1) is 19.1. The minimum atomic E-state index is -0.431. The van der Waals surface area contributed by atoms with Crippen LogP contribution < -0.4 is 19.7 Å². The number of benzene rings is 2. The number of carbonyl (C=O) groups excluding carboxylic acids is 1. The van der Waals surface area contributed by atoms with E-state index in [0.29, 0.717) is 26.3 Å². The van der Waals surface area contributed by atoms with Gasteiger partial charge in [-0.25, -0.2) is 0 Å². The lowest BCUT2D eigenvalue weighted by molar-refractivity contribution is -0.126. The largest absolute Gasteiger partial charge is 0.492 e. The number of rotatable bonds is 5. The Hall–Kier alpha value is -2.69. The Bertz CT molecular complexity index is 794. The second kappa shape index (κ2) is 7.91. The molecule has 0 bridgehead atoms. The average molecular weight is 368 g/mol. The molecule has 0 saturated carbocycles. The number of aryl methyl sites for hydroxylation is 1. The van der Waals surface area contributed by atoms with E-state index < -0.39 is 5.41 Å². The van der Waals surface area contributed by atoms with Crippen molar-refractivity contribution in [3.05, 3.63) is 48.0 Å². The zero-order chi connectivity index (χ0) is 19.4. The van der Waals surface area contributed by atoms with Crippen molar-refractivity contribution < 1.29 is 14.3 Å². The molecule has 144 valence electrons. The molecule has 2 aromatic rings. The van der Waals surface area contributed by atoms with Crippen molar-refractivity contribution in [3.8, 4) is 11.5 Å². The molecule has 1 aliphatic rings. The molecule has 0 radical (unpaired) electrons. The fraction of sp³-hybridized carbons (Fsp3) is 0.409. The van der Waals surface area contributed by atoms with E-state index in [0.717, 1.165) is 22.9 Å². The first-order valence-corrected chi connectivity index (χ1v) is 9.37. The molecule has 5 nitrogen and oxygen atoms in total. The first-order chi connectivity index (χ1) is 12.8. The van der Waals surface area contributed by atoms with Gasteiger partial charge in [0.1, 0.15) is 24.7 Å². The van der Waals surface area contributed by atoms with Crippen LogP contribution in [0.3, 0.4) is 0 Å². The van der Waals surface area contributed by atoms with Gasteiger partial charge >= 0.3 is 0 Å². The van der Waals surface area contributed by atoms with Gasteiger partial charge in [-0.1, -0.05) is 38.5 Å². The van der Waals surface area contributed by atoms with Gasteiger partial charge in [0.2, 0.25) is 5.91 Å². The Kier molecular flexibility index (Phi) is 5.59. The van der Waals surface area contributed by atoms with Crippen LogP contribution in [0.4, 0.5) is 11.4 Å². The summed E-state index contributed by atoms with van der Waals surface area (Å²) in [5.74, 6) is 1.72. The van der Waals surface area contributed by atoms with Crippen molar-refractivity contribution >= 4 is 17.3 Å². The summed E-state index contributed by atoms with van der Waals surface area (Å²) in [6, 6.07) is 13.9. The van der Waals surface area contributed by atoms with E-state index in [9.17, 15) is 4.79 Å². The quantitative estimate of drug-likeness (QED) is 0.802. The first-order valence-electron chi connectivity index (χ1n) is 9.37. The smallest absolute Gasteiger partial charge is 0.232 e. The lowest BCUT2D eigenvalue weighted by atomic mass is 9.94. The molecule has 0 atom stereocenters. The summed E-state index contributed by atoms with van der Waals surface area (Å²) in [6.45, 7) is 10.2. The van der Waals surface area contributed by atoms with E-state index >= 15 is 0 Å². The molecule has 0 aliphatic carbocycles. The molecule has 1 aliphatic heterocycles. The van der Waals surface area contributed by atoms with E-state index in [4.69, 9.17) is 9.47 Å². The highest BCUT2D eigenvalue weighted by Gasteiger charge is 2.31. The fourth-order valence-electron chi connectivity index (χ4n) is 2.94. The average Bonchev–Trinajstić information content (AvgIpc) is 2.65. The third-order valence-corrected chi connectivity index (χ3v) is 4.43. The monoisotopic (exact) mass is 368 g/mol. The van der Waals surface area contributed by atoms with Gasteiger partial charge in [0.25, 0.3) is 0 Å². The van der Waals surface area contributed by atoms with Crippen LogP contribution in [0.2, 0.25) is 0 Å². The topological polar surface area (TPSA) is 50.8 Å². The zero-order valence-corrected chi connectivity index (χ0v) is 16.5. The minimum Gasteiger partial charge on any atom is -0.492 e. The van der Waals surface area contributed by atoms with Gasteiger partial charge in [0.05, 0.1) is 12.2 Å². The van der Waals surface area contributed by atoms with E-state index in [2.05, 4.69) is 12.2 Å². The van der Waals surface area contributed by atoms with Crippen LogP contribution in [0.1, 0.15) is 26.3 Å². The highest BCUT2D eigenvalue weighted by atomic mass is 16.5. The highest BCUT2D eigenvalue weighted by molar-refractivity contribution is 5.99. The van der Waals surface area contributed by atoms with Gasteiger partial charge in [0, 0.05) is 17.6 Å². The number of nitrogens with one attached hydrogen (secondary N) is 1. The molecule has 1 amide bonds. The molecule has 27 heavy (non-hydrogen) atoms. The minimum absolute atomic E-state index is 0.104. The molecule has 1 heterocycles. The third kappa shape index (κ3) is 4.73. The van der Waals surface area contributed by atoms with Crippen molar-refractivity contribution in [1.29, 1.82) is 0 Å². The molecular formula is C22H28N2O3. The molecule has 0 fully saturated rings. The van der Waals surface area contributed by atoms with Crippen molar-refractivity contribution in [3.63, 3.8) is 0 Å². The van der Waals surface area contributed by atoms with E-state index in [-0.39, 0.29) is 5.91 Å². The number of hydrogen-bond donors (Lipinski definition) is 1. The van der Waals surface area contributed by atoms with Gasteiger partial charge in [-0.15, -0.1) is 0 Å². The van der Waals surface area contributed by atoms with Crippen LogP contribution >= 0.6 is 0 Å². The predicted octanol–water partition coefficient (Wildman–Crippen LogP) is 4.26. The van der Waals surface area contributed by atoms with Crippen molar-refractivity contribution in [2.75, 3.05) is 36.5 Å². The molecule has 0 aromatic heterocycles. The summed E-state index contributed by atoms with van der Waals surface area (Å²) in [7, 11) is 0. The standard InChI is InChI=1S/C22H28N2O3/c1-16-5-8-18(9-6-16)26-13-11-23-17-7-10-20-19(15-17)24(12-14-27-20)21(25)22(2,3)4/h5-10,15,23H,11-14H2,1-4H3. The van der Waals surface area contributed by atoms with E-state index in [1.807, 2.05) is 68.1 Å². The molecular weight excluding hydrogens is 340 g/mol. The molecule has 0 unspecified atom stereocenters. The fourth-order valence-corrected chi connectivity index (χ4v) is 2.94. The number of carbonyl (C=O) groups is 1. The number of anilines is 2. The van der Waals surface area contributed by atoms with Crippen LogP contribution in [-0.2, 0) is 4.79 Å². The number of fused-ring (bicyclic) bond motifs is 1. The summed E-state index contributed by atoms with van der Waals surface area (Å²) in [6.07, 6.45) is 0. The second-order valence-corrected chi connectivity index (χ2v) is 7.83. The summed E-state index contributed by atoms with van der Waals surface area (Å²) >= 11 is 0. The summed E-state index contributed by atoms with van der Waals surface area (Å²) in [4.78, 5) is 14.6. The van der Waals surface area contributed by atoms with Crippen molar-refractivity contribution in [1.82, 2.24) is 0 Å². The van der Waals surface area contributed by atoms with Crippen LogP contribution in [0, 0.1) is 12.3 Å². The summed E-state index contributed by atoms with van der Waals surface area (Å²) < 4.78 is 11.5. The van der Waals surface area contributed by atoms with Crippen LogP contribution in [0.5, 0.6) is 11.5 Å². The van der Waals surface area contributed by atoms with E-state index in [1.54, 1.807) is 0 Å². The van der Waals surface area contributed by atoms with E-state index in [1.165, 1.54) is 5.56 Å². The van der Waals surface area contributed by atoms with Crippen LogP contribution in [0.15, 0.2) is 42.5 Å². The maximum absolute atomic E-state index is 12.8. The maximum atomic E-state index is 12.8. The Labute approximate surface area is 161 Å². The lowest BCUT2D eigenvalue weighted by Crippen LogP contribution is -2.44.